The molecule has 1 N–H and O–H groups in total. The Kier molecular flexibility index (Phi) is 4.53. The normalized spacial score (nSPS) is 18.9. The van der Waals surface area contributed by atoms with E-state index in [-0.39, 0.29) is 29.5 Å². The number of aliphatic hydroxyl groups is 1. The van der Waals surface area contributed by atoms with Gasteiger partial charge in [0.2, 0.25) is 0 Å². The number of hydrogen-bond acceptors (Lipinski definition) is 5. The summed E-state index contributed by atoms with van der Waals surface area (Å²) in [6.45, 7) is 0.703. The van der Waals surface area contributed by atoms with Gasteiger partial charge >= 0.3 is 0 Å². The lowest BCUT2D eigenvalue weighted by molar-refractivity contribution is -0.384. The molecule has 7 nitrogen and oxygen atoms in total. The molecule has 0 radical (unpaired) electrons. The molecule has 108 valence electrons. The Hall–Kier alpha value is -1.70. The van der Waals surface area contributed by atoms with Crippen molar-refractivity contribution in [1.82, 2.24) is 4.90 Å². The summed E-state index contributed by atoms with van der Waals surface area (Å²) in [6, 6.07) is 3.29. The first kappa shape index (κ1) is 14.7. The lowest BCUT2D eigenvalue weighted by Crippen LogP contribution is -2.50. The summed E-state index contributed by atoms with van der Waals surface area (Å²) in [6.07, 6.45) is 0. The zero-order chi connectivity index (χ0) is 14.7. The third kappa shape index (κ3) is 3.06. The molecule has 1 amide bonds. The number of non-ortho nitro benzene ring substituents is 1. The van der Waals surface area contributed by atoms with Crippen molar-refractivity contribution < 1.29 is 19.6 Å². The average Bonchev–Trinajstić information content (AvgIpc) is 2.45. The monoisotopic (exact) mass is 300 g/mol. The van der Waals surface area contributed by atoms with Crippen LogP contribution in [-0.4, -0.2) is 53.2 Å². The molecule has 1 aromatic rings. The smallest absolute Gasteiger partial charge is 0.271 e. The van der Waals surface area contributed by atoms with Gasteiger partial charge in [0.25, 0.3) is 11.6 Å². The first-order valence-electron chi connectivity index (χ1n) is 5.97. The van der Waals surface area contributed by atoms with Gasteiger partial charge in [0.1, 0.15) is 0 Å². The molecule has 0 aromatic heterocycles. The molecule has 0 bridgehead atoms. The molecule has 0 saturated carbocycles. The molecular formula is C12H13ClN2O5. The van der Waals surface area contributed by atoms with Crippen LogP contribution in [0.3, 0.4) is 0 Å². The standard InChI is InChI=1S/C12H13ClN2O5/c13-9-3-8(4-10(5-9)15(18)19)12(17)14-1-2-20-7-11(14)6-16/h3-5,11,16H,1-2,6-7H2. The van der Waals surface area contributed by atoms with Gasteiger partial charge < -0.3 is 14.7 Å². The zero-order valence-electron chi connectivity index (χ0n) is 10.5. The minimum atomic E-state index is -0.606. The Labute approximate surface area is 119 Å². The molecule has 1 heterocycles. The number of ether oxygens (including phenoxy) is 1. The molecule has 20 heavy (non-hydrogen) atoms. The number of aliphatic hydroxyl groups excluding tert-OH is 1. The van der Waals surface area contributed by atoms with Crippen molar-refractivity contribution in [3.05, 3.63) is 38.9 Å². The third-order valence-corrected chi connectivity index (χ3v) is 3.26. The number of nitro benzene ring substituents is 1. The Morgan fingerprint density at radius 2 is 2.30 bits per heavy atom. The number of benzene rings is 1. The fourth-order valence-electron chi connectivity index (χ4n) is 2.04. The molecule has 1 unspecified atom stereocenters. The number of halogens is 1. The third-order valence-electron chi connectivity index (χ3n) is 3.04. The van der Waals surface area contributed by atoms with Gasteiger partial charge in [0, 0.05) is 29.3 Å². The fraction of sp³-hybridized carbons (Fsp3) is 0.417. The summed E-state index contributed by atoms with van der Waals surface area (Å²) >= 11 is 5.80. The molecule has 1 aliphatic rings. The molecule has 1 aromatic carbocycles. The number of carbonyl (C=O) groups is 1. The highest BCUT2D eigenvalue weighted by Gasteiger charge is 2.28. The molecular weight excluding hydrogens is 288 g/mol. The highest BCUT2D eigenvalue weighted by atomic mass is 35.5. The predicted molar refractivity (Wildman–Crippen MR) is 70.8 cm³/mol. The van der Waals surface area contributed by atoms with Crippen molar-refractivity contribution in [2.24, 2.45) is 0 Å². The first-order chi connectivity index (χ1) is 9.52. The van der Waals surface area contributed by atoms with E-state index in [1.54, 1.807) is 0 Å². The molecule has 8 heteroatoms. The second kappa shape index (κ2) is 6.17. The van der Waals surface area contributed by atoms with Crippen LogP contribution in [0.5, 0.6) is 0 Å². The highest BCUT2D eigenvalue weighted by Crippen LogP contribution is 2.23. The van der Waals surface area contributed by atoms with Crippen molar-refractivity contribution in [2.75, 3.05) is 26.4 Å². The van der Waals surface area contributed by atoms with Gasteiger partial charge in [-0.3, -0.25) is 14.9 Å². The Morgan fingerprint density at radius 3 is 2.95 bits per heavy atom. The molecule has 1 aliphatic heterocycles. The number of amides is 1. The van der Waals surface area contributed by atoms with Crippen molar-refractivity contribution in [2.45, 2.75) is 6.04 Å². The van der Waals surface area contributed by atoms with Gasteiger partial charge in [-0.15, -0.1) is 0 Å². The van der Waals surface area contributed by atoms with Crippen LogP contribution in [0.15, 0.2) is 18.2 Å². The van der Waals surface area contributed by atoms with E-state index in [0.717, 1.165) is 0 Å². The van der Waals surface area contributed by atoms with Crippen LogP contribution in [0, 0.1) is 10.1 Å². The second-order valence-corrected chi connectivity index (χ2v) is 4.80. The molecule has 0 aliphatic carbocycles. The summed E-state index contributed by atoms with van der Waals surface area (Å²) in [5, 5.41) is 20.2. The number of carbonyl (C=O) groups excluding carboxylic acids is 1. The van der Waals surface area contributed by atoms with Gasteiger partial charge in [-0.1, -0.05) is 11.6 Å². The van der Waals surface area contributed by atoms with Crippen molar-refractivity contribution in [1.29, 1.82) is 0 Å². The topological polar surface area (TPSA) is 92.9 Å². The van der Waals surface area contributed by atoms with E-state index in [0.29, 0.717) is 13.2 Å². The lowest BCUT2D eigenvalue weighted by Gasteiger charge is -2.34. The van der Waals surface area contributed by atoms with Gasteiger partial charge in [-0.05, 0) is 6.07 Å². The number of nitrogens with zero attached hydrogens (tertiary/aromatic N) is 2. The molecule has 1 saturated heterocycles. The summed E-state index contributed by atoms with van der Waals surface area (Å²) in [5.41, 5.74) is -0.112. The average molecular weight is 301 g/mol. The van der Waals surface area contributed by atoms with Gasteiger partial charge in [-0.2, -0.15) is 0 Å². The summed E-state index contributed by atoms with van der Waals surface area (Å²) < 4.78 is 5.19. The molecule has 2 rings (SSSR count). The van der Waals surface area contributed by atoms with E-state index in [2.05, 4.69) is 0 Å². The molecule has 0 spiro atoms. The minimum absolute atomic E-state index is 0.122. The Morgan fingerprint density at radius 1 is 1.55 bits per heavy atom. The maximum absolute atomic E-state index is 12.4. The first-order valence-corrected chi connectivity index (χ1v) is 6.35. The van der Waals surface area contributed by atoms with Gasteiger partial charge in [0.05, 0.1) is 30.8 Å². The van der Waals surface area contributed by atoms with Crippen LogP contribution >= 0.6 is 11.6 Å². The van der Waals surface area contributed by atoms with Crippen LogP contribution < -0.4 is 0 Å². The molecule has 1 fully saturated rings. The summed E-state index contributed by atoms with van der Waals surface area (Å²) in [4.78, 5) is 24.0. The van der Waals surface area contributed by atoms with Gasteiger partial charge in [-0.25, -0.2) is 0 Å². The maximum Gasteiger partial charge on any atom is 0.271 e. The van der Waals surface area contributed by atoms with E-state index in [1.807, 2.05) is 0 Å². The number of morpholine rings is 1. The quantitative estimate of drug-likeness (QED) is 0.666. The summed E-state index contributed by atoms with van der Waals surface area (Å²) in [5.74, 6) is -0.405. The van der Waals surface area contributed by atoms with Crippen LogP contribution in [0.2, 0.25) is 5.02 Å². The van der Waals surface area contributed by atoms with E-state index in [9.17, 15) is 20.0 Å². The maximum atomic E-state index is 12.4. The van der Waals surface area contributed by atoms with E-state index < -0.39 is 16.9 Å². The SMILES string of the molecule is O=C(c1cc(Cl)cc([N+](=O)[O-])c1)N1CCOCC1CO. The number of rotatable bonds is 3. The highest BCUT2D eigenvalue weighted by molar-refractivity contribution is 6.31. The van der Waals surface area contributed by atoms with Crippen molar-refractivity contribution in [3.8, 4) is 0 Å². The van der Waals surface area contributed by atoms with Crippen LogP contribution in [0.1, 0.15) is 10.4 Å². The Bertz CT molecular complexity index is 537. The van der Waals surface area contributed by atoms with Crippen LogP contribution in [-0.2, 0) is 4.74 Å². The lowest BCUT2D eigenvalue weighted by atomic mass is 10.1. The van der Waals surface area contributed by atoms with E-state index >= 15 is 0 Å². The molecule has 1 atom stereocenters. The van der Waals surface area contributed by atoms with Gasteiger partial charge in [0.15, 0.2) is 0 Å². The number of hydrogen-bond donors (Lipinski definition) is 1. The summed E-state index contributed by atoms with van der Waals surface area (Å²) in [7, 11) is 0. The van der Waals surface area contributed by atoms with Crippen molar-refractivity contribution in [3.63, 3.8) is 0 Å². The van der Waals surface area contributed by atoms with Crippen molar-refractivity contribution >= 4 is 23.2 Å². The van der Waals surface area contributed by atoms with E-state index in [4.69, 9.17) is 16.3 Å². The number of nitro groups is 1. The fourth-order valence-corrected chi connectivity index (χ4v) is 2.27. The van der Waals surface area contributed by atoms with Crippen LogP contribution in [0.4, 0.5) is 5.69 Å². The zero-order valence-corrected chi connectivity index (χ0v) is 11.2. The predicted octanol–water partition coefficient (Wildman–Crippen LogP) is 1.08. The largest absolute Gasteiger partial charge is 0.394 e. The van der Waals surface area contributed by atoms with Crippen LogP contribution in [0.25, 0.3) is 0 Å². The Balaban J connectivity index is 2.30. The second-order valence-electron chi connectivity index (χ2n) is 4.37. The van der Waals surface area contributed by atoms with E-state index in [1.165, 1.54) is 23.1 Å². The minimum Gasteiger partial charge on any atom is -0.394 e.